The van der Waals surface area contributed by atoms with E-state index < -0.39 is 48.2 Å². The SMILES string of the molecule is CC(C)C(C)C.CCN.Cc1noc(C)c1-c1cc(C(O)(c2ccccn2)c2ccccn2)c2nc(C(F)F)[nH]c2c1.Cc1noc(C)c1-c1cc(N)c(N)c(C(O)(c2ccccn2)c2ccccn2)c1.O=C(OC(=O)C(F)F)C(F)F. The number of aliphatic hydroxyl groups is 2. The number of pyridine rings is 4. The number of alkyl halides is 6. The van der Waals surface area contributed by atoms with E-state index in [9.17, 15) is 46.1 Å². The topological polar surface area (TPSA) is 294 Å². The minimum atomic E-state index is -3.57. The Morgan fingerprint density at radius 3 is 1.29 bits per heavy atom. The summed E-state index contributed by atoms with van der Waals surface area (Å²) >= 11 is 0. The van der Waals surface area contributed by atoms with Gasteiger partial charge < -0.3 is 46.2 Å². The van der Waals surface area contributed by atoms with Gasteiger partial charge in [0.05, 0.1) is 56.6 Å². The van der Waals surface area contributed by atoms with Crippen LogP contribution in [0, 0.1) is 39.5 Å². The Labute approximate surface area is 468 Å². The number of carbonyl (C=O) groups excluding carboxylic acids is 2. The molecule has 0 bridgehead atoms. The van der Waals surface area contributed by atoms with Crippen molar-refractivity contribution in [2.75, 3.05) is 18.0 Å². The van der Waals surface area contributed by atoms with E-state index in [4.69, 9.17) is 26.2 Å². The summed E-state index contributed by atoms with van der Waals surface area (Å²) in [6.45, 7) is 18.8. The van der Waals surface area contributed by atoms with Gasteiger partial charge in [-0.05, 0) is 130 Å². The maximum atomic E-state index is 13.6. The summed E-state index contributed by atoms with van der Waals surface area (Å²) in [5.41, 5.74) is 21.2. The molecule has 7 heterocycles. The van der Waals surface area contributed by atoms with Crippen LogP contribution in [0.1, 0.15) is 104 Å². The number of anilines is 2. The quantitative estimate of drug-likeness (QED) is 0.0287. The van der Waals surface area contributed by atoms with Gasteiger partial charge >= 0.3 is 24.8 Å². The fourth-order valence-electron chi connectivity index (χ4n) is 7.88. The third-order valence-corrected chi connectivity index (χ3v) is 12.5. The first-order chi connectivity index (χ1) is 38.8. The number of benzene rings is 2. The normalized spacial score (nSPS) is 11.4. The standard InChI is InChI=1S/C24H19F2N5O2.C22H21N5O2.C6H14.C4H2F4O3.C2H7N/c1-13-20(14(2)33-31-13)15-11-16(21-17(12-15)29-23(30-21)22(25)26)24(32,18-7-3-5-9-27-18)19-8-4-6-10-28-19;1-13-20(14(2)29-27-13)15-11-16(21(24)17(23)12-15)22(28,18-7-3-5-9-25-18)19-8-4-6-10-26-19;1-5(2)6(3)4;5-1(6)3(9)11-4(10)2(7)8;1-2-3/h3-12,22,32H,1-2H3,(H,29,30);3-12,28H,23-24H2,1-2H3;5-6H,1-4H3;1-2H;2-3H2,1H3. The van der Waals surface area contributed by atoms with E-state index in [1.807, 2.05) is 20.8 Å². The lowest BCUT2D eigenvalue weighted by molar-refractivity contribution is -0.174. The number of aromatic amines is 1. The molecule has 0 spiro atoms. The number of carbonyl (C=O) groups is 2. The Morgan fingerprint density at radius 1 is 0.610 bits per heavy atom. The number of nitrogens with zero attached hydrogens (tertiary/aromatic N) is 7. The first-order valence-corrected chi connectivity index (χ1v) is 25.3. The summed E-state index contributed by atoms with van der Waals surface area (Å²) in [4.78, 5) is 43.8. The molecule has 82 heavy (non-hydrogen) atoms. The summed E-state index contributed by atoms with van der Waals surface area (Å²) in [7, 11) is 0. The average Bonchev–Trinajstić information content (AvgIpc) is 1.94. The molecule has 0 saturated heterocycles. The zero-order chi connectivity index (χ0) is 60.6. The Kier molecular flexibility index (Phi) is 22.2. The highest BCUT2D eigenvalue weighted by Crippen LogP contribution is 2.44. The highest BCUT2D eigenvalue weighted by atomic mass is 19.3. The zero-order valence-corrected chi connectivity index (χ0v) is 46.2. The van der Waals surface area contributed by atoms with Crippen LogP contribution in [0.25, 0.3) is 33.3 Å². The molecule has 0 saturated carbocycles. The Balaban J connectivity index is 0.000000228. The predicted molar refractivity (Wildman–Crippen MR) is 295 cm³/mol. The van der Waals surface area contributed by atoms with Crippen molar-refractivity contribution in [2.45, 2.75) is 92.8 Å². The van der Waals surface area contributed by atoms with Gasteiger partial charge in [0, 0.05) is 47.0 Å². The van der Waals surface area contributed by atoms with Crippen LogP contribution in [0.5, 0.6) is 0 Å². The lowest BCUT2D eigenvalue weighted by atomic mass is 9.83. The summed E-state index contributed by atoms with van der Waals surface area (Å²) in [6.07, 6.45) is -3.63. The van der Waals surface area contributed by atoms with Crippen LogP contribution in [0.4, 0.5) is 37.7 Å². The van der Waals surface area contributed by atoms with Crippen LogP contribution in [0.3, 0.4) is 0 Å². The van der Waals surface area contributed by atoms with Crippen LogP contribution < -0.4 is 17.2 Å². The summed E-state index contributed by atoms with van der Waals surface area (Å²) in [6, 6.07) is 27.8. The van der Waals surface area contributed by atoms with E-state index in [2.05, 4.69) is 72.6 Å². The highest BCUT2D eigenvalue weighted by Gasteiger charge is 2.41. The van der Waals surface area contributed by atoms with Gasteiger partial charge in [-0.2, -0.15) is 17.6 Å². The van der Waals surface area contributed by atoms with E-state index in [1.165, 1.54) is 0 Å². The van der Waals surface area contributed by atoms with Gasteiger partial charge in [0.2, 0.25) is 0 Å². The Bertz CT molecular complexity index is 3350. The van der Waals surface area contributed by atoms with Gasteiger partial charge in [-0.3, -0.25) is 19.9 Å². The molecular formula is C58H63F6N11O7. The van der Waals surface area contributed by atoms with Gasteiger partial charge in [0.1, 0.15) is 11.5 Å². The monoisotopic (exact) mass is 1140 g/mol. The minimum absolute atomic E-state index is 0.194. The van der Waals surface area contributed by atoms with Crippen molar-refractivity contribution in [2.24, 2.45) is 17.6 Å². The number of nitrogen functional groups attached to an aromatic ring is 2. The molecule has 0 atom stereocenters. The van der Waals surface area contributed by atoms with Gasteiger partial charge in [0.25, 0.3) is 6.43 Å². The lowest BCUT2D eigenvalue weighted by Gasteiger charge is -2.30. The van der Waals surface area contributed by atoms with Gasteiger partial charge in [-0.25, -0.2) is 23.4 Å². The fraction of sp³-hybridized carbons (Fsp3) is 0.293. The number of aromatic nitrogens is 8. The fourth-order valence-corrected chi connectivity index (χ4v) is 7.88. The van der Waals surface area contributed by atoms with Crippen molar-refractivity contribution in [3.63, 3.8) is 0 Å². The summed E-state index contributed by atoms with van der Waals surface area (Å²) in [5.74, 6) is -2.12. The van der Waals surface area contributed by atoms with Crippen molar-refractivity contribution in [3.8, 4) is 22.3 Å². The maximum Gasteiger partial charge on any atom is 0.381 e. The summed E-state index contributed by atoms with van der Waals surface area (Å²) in [5, 5.41) is 32.2. The number of halogens is 6. The first kappa shape index (κ1) is 64.0. The maximum absolute atomic E-state index is 13.6. The number of ether oxygens (including phenoxy) is 1. The predicted octanol–water partition coefficient (Wildman–Crippen LogP) is 10.9. The average molecular weight is 1140 g/mol. The number of rotatable bonds is 12. The van der Waals surface area contributed by atoms with Crippen LogP contribution in [0.15, 0.2) is 131 Å². The van der Waals surface area contributed by atoms with Crippen molar-refractivity contribution in [1.82, 2.24) is 40.2 Å². The lowest BCUT2D eigenvalue weighted by Crippen LogP contribution is -2.32. The van der Waals surface area contributed by atoms with Crippen molar-refractivity contribution < 1.29 is 59.9 Å². The van der Waals surface area contributed by atoms with Crippen LogP contribution in [-0.4, -0.2) is 81.8 Å². The smallest absolute Gasteiger partial charge is 0.381 e. The van der Waals surface area contributed by atoms with E-state index in [0.29, 0.717) is 56.5 Å². The molecule has 0 amide bonds. The molecule has 0 fully saturated rings. The van der Waals surface area contributed by atoms with E-state index in [-0.39, 0.29) is 28.2 Å². The molecular weight excluding hydrogens is 1080 g/mol. The number of aryl methyl sites for hydroxylation is 4. The Morgan fingerprint density at radius 2 is 0.976 bits per heavy atom. The molecule has 0 aliphatic carbocycles. The first-order valence-electron chi connectivity index (χ1n) is 25.3. The third kappa shape index (κ3) is 14.9. The van der Waals surface area contributed by atoms with E-state index in [1.54, 1.807) is 136 Å². The molecule has 9 aromatic rings. The minimum Gasteiger partial charge on any atom is -0.397 e. The number of imidazole rings is 1. The van der Waals surface area contributed by atoms with Crippen LogP contribution in [0.2, 0.25) is 0 Å². The molecule has 0 unspecified atom stereocenters. The largest absolute Gasteiger partial charge is 0.397 e. The van der Waals surface area contributed by atoms with E-state index in [0.717, 1.165) is 35.2 Å². The number of hydrogen-bond donors (Lipinski definition) is 6. The number of nitrogens with two attached hydrogens (primary N) is 3. The number of hydrogen-bond acceptors (Lipinski definition) is 17. The molecule has 9 N–H and O–H groups in total. The molecule has 9 rings (SSSR count). The van der Waals surface area contributed by atoms with Gasteiger partial charge in [-0.15, -0.1) is 0 Å². The molecule has 24 heteroatoms. The van der Waals surface area contributed by atoms with Gasteiger partial charge in [0.15, 0.2) is 17.0 Å². The molecule has 18 nitrogen and oxygen atoms in total. The van der Waals surface area contributed by atoms with E-state index >= 15 is 0 Å². The highest BCUT2D eigenvalue weighted by molar-refractivity contribution is 5.89. The molecule has 0 aliphatic heterocycles. The van der Waals surface area contributed by atoms with Crippen molar-refractivity contribution >= 4 is 34.3 Å². The summed E-state index contributed by atoms with van der Waals surface area (Å²) < 4.78 is 85.5. The van der Waals surface area contributed by atoms with Crippen LogP contribution >= 0.6 is 0 Å². The molecule has 7 aromatic heterocycles. The molecule has 434 valence electrons. The second kappa shape index (κ2) is 28.5. The molecule has 2 aromatic carbocycles. The number of H-pyrrole nitrogens is 1. The number of fused-ring (bicyclic) bond motifs is 1. The van der Waals surface area contributed by atoms with Gasteiger partial charge in [-0.1, -0.05) is 69.2 Å². The number of nitrogens with one attached hydrogen (secondary N) is 1. The van der Waals surface area contributed by atoms with Crippen LogP contribution in [-0.2, 0) is 25.5 Å². The zero-order valence-electron chi connectivity index (χ0n) is 46.2. The second-order valence-electron chi connectivity index (χ2n) is 18.8. The molecule has 0 aliphatic rings. The van der Waals surface area contributed by atoms with Crippen molar-refractivity contribution in [1.29, 1.82) is 0 Å². The third-order valence-electron chi connectivity index (χ3n) is 12.5. The second-order valence-corrected chi connectivity index (χ2v) is 18.8. The Hall–Kier alpha value is -8.87. The van der Waals surface area contributed by atoms with Crippen molar-refractivity contribution in [3.05, 3.63) is 184 Å². The number of esters is 2. The molecule has 0 radical (unpaired) electrons.